The molecule has 0 bridgehead atoms. The molecule has 0 radical (unpaired) electrons. The van der Waals surface area contributed by atoms with Crippen molar-refractivity contribution in [1.82, 2.24) is 4.90 Å². The van der Waals surface area contributed by atoms with Gasteiger partial charge in [-0.1, -0.05) is 0 Å². The molecule has 1 aliphatic rings. The third kappa shape index (κ3) is 1.71. The van der Waals surface area contributed by atoms with Gasteiger partial charge in [-0.25, -0.2) is 0 Å². The first-order valence-corrected chi connectivity index (χ1v) is 4.28. The Hall–Kier alpha value is -0.570. The van der Waals surface area contributed by atoms with Crippen molar-refractivity contribution in [2.45, 2.75) is 19.8 Å². The number of rotatable bonds is 2. The number of piperidine rings is 1. The van der Waals surface area contributed by atoms with Crippen LogP contribution in [-0.2, 0) is 4.79 Å². The Balaban J connectivity index is 2.52. The van der Waals surface area contributed by atoms with E-state index in [1.165, 1.54) is 0 Å². The zero-order valence-electron chi connectivity index (χ0n) is 7.05. The van der Waals surface area contributed by atoms with Crippen molar-refractivity contribution in [3.8, 4) is 0 Å². The van der Waals surface area contributed by atoms with Crippen LogP contribution in [0.2, 0.25) is 0 Å². The summed E-state index contributed by atoms with van der Waals surface area (Å²) in [6, 6.07) is 0. The molecule has 1 rings (SSSR count). The summed E-state index contributed by atoms with van der Waals surface area (Å²) in [7, 11) is 0. The fraction of sp³-hybridized carbons (Fsp3) is 0.875. The smallest absolute Gasteiger partial charge is 0.226 e. The molecule has 3 nitrogen and oxygen atoms in total. The SMILES string of the molecule is CCN1CCC[C@@H](CN)C1=O. The molecule has 0 saturated carbocycles. The Morgan fingerprint density at radius 1 is 1.73 bits per heavy atom. The number of hydrogen-bond acceptors (Lipinski definition) is 2. The summed E-state index contributed by atoms with van der Waals surface area (Å²) in [6.45, 7) is 4.27. The van der Waals surface area contributed by atoms with E-state index in [1.54, 1.807) is 0 Å². The molecular weight excluding hydrogens is 140 g/mol. The Morgan fingerprint density at radius 2 is 2.45 bits per heavy atom. The van der Waals surface area contributed by atoms with Crippen LogP contribution in [0.15, 0.2) is 0 Å². The standard InChI is InChI=1S/C8H16N2O/c1-2-10-5-3-4-7(6-9)8(10)11/h7H,2-6,9H2,1H3/t7-/m0/s1. The highest BCUT2D eigenvalue weighted by Crippen LogP contribution is 2.15. The maximum Gasteiger partial charge on any atom is 0.226 e. The van der Waals surface area contributed by atoms with Gasteiger partial charge in [-0.15, -0.1) is 0 Å². The van der Waals surface area contributed by atoms with Crippen LogP contribution in [-0.4, -0.2) is 30.4 Å². The minimum Gasteiger partial charge on any atom is -0.343 e. The highest BCUT2D eigenvalue weighted by atomic mass is 16.2. The van der Waals surface area contributed by atoms with Gasteiger partial charge in [0.1, 0.15) is 0 Å². The molecule has 1 fully saturated rings. The van der Waals surface area contributed by atoms with Crippen LogP contribution in [0.3, 0.4) is 0 Å². The Kier molecular flexibility index (Phi) is 2.88. The maximum atomic E-state index is 11.4. The highest BCUT2D eigenvalue weighted by molar-refractivity contribution is 5.79. The van der Waals surface area contributed by atoms with E-state index in [4.69, 9.17) is 5.73 Å². The number of likely N-dealkylation sites (tertiary alicyclic amines) is 1. The van der Waals surface area contributed by atoms with E-state index in [1.807, 2.05) is 11.8 Å². The Bertz CT molecular complexity index is 133. The quantitative estimate of drug-likeness (QED) is 0.621. The van der Waals surface area contributed by atoms with Gasteiger partial charge in [0.15, 0.2) is 0 Å². The van der Waals surface area contributed by atoms with Crippen molar-refractivity contribution in [2.75, 3.05) is 19.6 Å². The molecule has 0 aromatic rings. The third-order valence-electron chi connectivity index (χ3n) is 2.31. The number of amides is 1. The van der Waals surface area contributed by atoms with Crippen LogP contribution in [0, 0.1) is 5.92 Å². The number of nitrogens with two attached hydrogens (primary N) is 1. The summed E-state index contributed by atoms with van der Waals surface area (Å²) in [5.41, 5.74) is 5.46. The fourth-order valence-electron chi connectivity index (χ4n) is 1.55. The Morgan fingerprint density at radius 3 is 3.00 bits per heavy atom. The summed E-state index contributed by atoms with van der Waals surface area (Å²) >= 11 is 0. The zero-order valence-corrected chi connectivity index (χ0v) is 7.05. The van der Waals surface area contributed by atoms with Crippen molar-refractivity contribution in [3.05, 3.63) is 0 Å². The van der Waals surface area contributed by atoms with Gasteiger partial charge in [0.25, 0.3) is 0 Å². The van der Waals surface area contributed by atoms with Crippen LogP contribution in [0.5, 0.6) is 0 Å². The molecule has 0 aliphatic carbocycles. The topological polar surface area (TPSA) is 46.3 Å². The second-order valence-corrected chi connectivity index (χ2v) is 2.99. The predicted molar refractivity (Wildman–Crippen MR) is 44.0 cm³/mol. The minimum atomic E-state index is 0.101. The lowest BCUT2D eigenvalue weighted by Gasteiger charge is -2.30. The van der Waals surface area contributed by atoms with Crippen LogP contribution in [0.4, 0.5) is 0 Å². The van der Waals surface area contributed by atoms with E-state index in [9.17, 15) is 4.79 Å². The summed E-state index contributed by atoms with van der Waals surface area (Å²) in [5.74, 6) is 0.352. The molecule has 0 aromatic carbocycles. The maximum absolute atomic E-state index is 11.4. The average molecular weight is 156 g/mol. The van der Waals surface area contributed by atoms with Gasteiger partial charge in [0, 0.05) is 19.6 Å². The van der Waals surface area contributed by atoms with Crippen molar-refractivity contribution in [2.24, 2.45) is 11.7 Å². The Labute approximate surface area is 67.5 Å². The first kappa shape index (κ1) is 8.53. The number of carbonyl (C=O) groups is 1. The van der Waals surface area contributed by atoms with Gasteiger partial charge in [0.2, 0.25) is 5.91 Å². The summed E-state index contributed by atoms with van der Waals surface area (Å²) < 4.78 is 0. The summed E-state index contributed by atoms with van der Waals surface area (Å²) in [4.78, 5) is 13.3. The molecule has 1 heterocycles. The van der Waals surface area contributed by atoms with Crippen LogP contribution >= 0.6 is 0 Å². The van der Waals surface area contributed by atoms with Gasteiger partial charge in [0.05, 0.1) is 5.92 Å². The lowest BCUT2D eigenvalue weighted by atomic mass is 9.97. The minimum absolute atomic E-state index is 0.101. The van der Waals surface area contributed by atoms with Crippen molar-refractivity contribution >= 4 is 5.91 Å². The van der Waals surface area contributed by atoms with E-state index >= 15 is 0 Å². The molecule has 1 saturated heterocycles. The van der Waals surface area contributed by atoms with E-state index in [0.717, 1.165) is 25.9 Å². The number of nitrogens with zero attached hydrogens (tertiary/aromatic N) is 1. The van der Waals surface area contributed by atoms with Gasteiger partial charge in [-0.3, -0.25) is 4.79 Å². The molecule has 1 aliphatic heterocycles. The first-order chi connectivity index (χ1) is 5.29. The van der Waals surface area contributed by atoms with Crippen molar-refractivity contribution < 1.29 is 4.79 Å². The molecule has 2 N–H and O–H groups in total. The molecule has 0 aromatic heterocycles. The van der Waals surface area contributed by atoms with Gasteiger partial charge in [-0.2, -0.15) is 0 Å². The molecule has 1 amide bonds. The molecule has 1 atom stereocenters. The summed E-state index contributed by atoms with van der Waals surface area (Å²) in [5, 5.41) is 0. The second kappa shape index (κ2) is 3.72. The number of carbonyl (C=O) groups excluding carboxylic acids is 1. The highest BCUT2D eigenvalue weighted by Gasteiger charge is 2.25. The van der Waals surface area contributed by atoms with Crippen molar-refractivity contribution in [3.63, 3.8) is 0 Å². The van der Waals surface area contributed by atoms with Crippen LogP contribution in [0.25, 0.3) is 0 Å². The first-order valence-electron chi connectivity index (χ1n) is 4.28. The van der Waals surface area contributed by atoms with Crippen molar-refractivity contribution in [1.29, 1.82) is 0 Å². The van der Waals surface area contributed by atoms with Crippen LogP contribution in [0.1, 0.15) is 19.8 Å². The predicted octanol–water partition coefficient (Wildman–Crippen LogP) is 0.204. The van der Waals surface area contributed by atoms with Gasteiger partial charge >= 0.3 is 0 Å². The van der Waals surface area contributed by atoms with E-state index in [0.29, 0.717) is 6.54 Å². The van der Waals surface area contributed by atoms with E-state index < -0.39 is 0 Å². The summed E-state index contributed by atoms with van der Waals surface area (Å²) in [6.07, 6.45) is 2.09. The van der Waals surface area contributed by atoms with Gasteiger partial charge < -0.3 is 10.6 Å². The third-order valence-corrected chi connectivity index (χ3v) is 2.31. The number of hydrogen-bond donors (Lipinski definition) is 1. The molecule has 0 unspecified atom stereocenters. The molecule has 11 heavy (non-hydrogen) atoms. The molecule has 64 valence electrons. The molecular formula is C8H16N2O. The molecule has 0 spiro atoms. The normalized spacial score (nSPS) is 25.8. The second-order valence-electron chi connectivity index (χ2n) is 2.99. The average Bonchev–Trinajstić information content (AvgIpc) is 2.05. The molecule has 3 heteroatoms. The van der Waals surface area contributed by atoms with Gasteiger partial charge in [-0.05, 0) is 19.8 Å². The zero-order chi connectivity index (χ0) is 8.27. The lowest BCUT2D eigenvalue weighted by Crippen LogP contribution is -2.43. The van der Waals surface area contributed by atoms with E-state index in [-0.39, 0.29) is 11.8 Å². The lowest BCUT2D eigenvalue weighted by molar-refractivity contribution is -0.137. The van der Waals surface area contributed by atoms with E-state index in [2.05, 4.69) is 0 Å². The fourth-order valence-corrected chi connectivity index (χ4v) is 1.55. The monoisotopic (exact) mass is 156 g/mol. The van der Waals surface area contributed by atoms with Crippen LogP contribution < -0.4 is 5.73 Å². The largest absolute Gasteiger partial charge is 0.343 e.